The number of aromatic amines is 1. The first-order valence-corrected chi connectivity index (χ1v) is 12.2. The van der Waals surface area contributed by atoms with Crippen LogP contribution >= 0.6 is 0 Å². The molecule has 4 aromatic rings. The Balaban J connectivity index is 1.72. The van der Waals surface area contributed by atoms with Gasteiger partial charge in [-0.1, -0.05) is 91.0 Å². The number of benzene rings is 3. The SMILES string of the molecule is C[C@@]1(O)[C@H](O)[C@@H](CO)O[C@H]1n1cc(OC(c2ccccc2)(c2ccccc2)c2ccccc2)c(=O)[nH]c1=O. The zero-order valence-corrected chi connectivity index (χ0v) is 20.6. The quantitative estimate of drug-likeness (QED) is 0.276. The van der Waals surface area contributed by atoms with Gasteiger partial charge in [-0.05, 0) is 6.92 Å². The molecule has 196 valence electrons. The fraction of sp³-hybridized carbons (Fsp3) is 0.241. The number of ether oxygens (including phenoxy) is 2. The third kappa shape index (κ3) is 4.25. The van der Waals surface area contributed by atoms with Crippen LogP contribution in [0.4, 0.5) is 0 Å². The molecule has 0 spiro atoms. The maximum Gasteiger partial charge on any atom is 0.330 e. The lowest BCUT2D eigenvalue weighted by Crippen LogP contribution is -2.47. The third-order valence-electron chi connectivity index (χ3n) is 6.93. The minimum absolute atomic E-state index is 0.220. The second kappa shape index (κ2) is 10.0. The molecule has 0 amide bonds. The molecule has 1 aliphatic heterocycles. The molecule has 9 heteroatoms. The van der Waals surface area contributed by atoms with Gasteiger partial charge in [-0.15, -0.1) is 0 Å². The Morgan fingerprint density at radius 1 is 0.921 bits per heavy atom. The van der Waals surface area contributed by atoms with Gasteiger partial charge in [-0.25, -0.2) is 4.79 Å². The highest BCUT2D eigenvalue weighted by Gasteiger charge is 2.53. The summed E-state index contributed by atoms with van der Waals surface area (Å²) in [5.74, 6) is -0.220. The number of H-pyrrole nitrogens is 1. The molecule has 0 aliphatic carbocycles. The van der Waals surface area contributed by atoms with Gasteiger partial charge in [0, 0.05) is 16.7 Å². The molecule has 38 heavy (non-hydrogen) atoms. The third-order valence-corrected chi connectivity index (χ3v) is 6.93. The van der Waals surface area contributed by atoms with Crippen molar-refractivity contribution in [2.24, 2.45) is 0 Å². The Morgan fingerprint density at radius 3 is 1.82 bits per heavy atom. The minimum Gasteiger partial charge on any atom is -0.466 e. The fourth-order valence-corrected chi connectivity index (χ4v) is 4.96. The Kier molecular flexibility index (Phi) is 6.77. The lowest BCUT2D eigenvalue weighted by molar-refractivity contribution is -0.0991. The Morgan fingerprint density at radius 2 is 1.39 bits per heavy atom. The molecular formula is C29H28N2O7. The predicted octanol–water partition coefficient (Wildman–Crippen LogP) is 1.91. The van der Waals surface area contributed by atoms with Crippen molar-refractivity contribution in [3.63, 3.8) is 0 Å². The molecule has 5 rings (SSSR count). The molecule has 0 radical (unpaired) electrons. The molecule has 3 aromatic carbocycles. The molecule has 0 bridgehead atoms. The largest absolute Gasteiger partial charge is 0.466 e. The summed E-state index contributed by atoms with van der Waals surface area (Å²) in [5.41, 5.74) is -2.70. The van der Waals surface area contributed by atoms with Crippen LogP contribution in [-0.4, -0.2) is 49.3 Å². The maximum absolute atomic E-state index is 13.1. The molecule has 0 unspecified atom stereocenters. The van der Waals surface area contributed by atoms with Crippen LogP contribution in [0, 0.1) is 0 Å². The van der Waals surface area contributed by atoms with E-state index in [1.165, 1.54) is 6.92 Å². The van der Waals surface area contributed by atoms with Gasteiger partial charge in [0.05, 0.1) is 12.8 Å². The summed E-state index contributed by atoms with van der Waals surface area (Å²) >= 11 is 0. The Bertz CT molecular complexity index is 1400. The topological polar surface area (TPSA) is 134 Å². The van der Waals surface area contributed by atoms with Crippen molar-refractivity contribution in [2.45, 2.75) is 36.6 Å². The van der Waals surface area contributed by atoms with Crippen LogP contribution in [0.5, 0.6) is 5.75 Å². The van der Waals surface area contributed by atoms with Gasteiger partial charge in [-0.2, -0.15) is 0 Å². The van der Waals surface area contributed by atoms with Crippen LogP contribution in [0.15, 0.2) is 107 Å². The zero-order valence-electron chi connectivity index (χ0n) is 20.6. The van der Waals surface area contributed by atoms with Gasteiger partial charge in [0.2, 0.25) is 5.75 Å². The van der Waals surface area contributed by atoms with E-state index < -0.39 is 47.5 Å². The summed E-state index contributed by atoms with van der Waals surface area (Å²) in [6, 6.07) is 28.1. The second-order valence-electron chi connectivity index (χ2n) is 9.42. The van der Waals surface area contributed by atoms with Crippen LogP contribution < -0.4 is 16.0 Å². The number of nitrogens with zero attached hydrogens (tertiary/aromatic N) is 1. The smallest absolute Gasteiger partial charge is 0.330 e. The van der Waals surface area contributed by atoms with E-state index in [9.17, 15) is 24.9 Å². The maximum atomic E-state index is 13.1. The van der Waals surface area contributed by atoms with Crippen molar-refractivity contribution in [1.82, 2.24) is 9.55 Å². The molecule has 1 saturated heterocycles. The molecule has 4 atom stereocenters. The summed E-state index contributed by atoms with van der Waals surface area (Å²) in [5, 5.41) is 31.0. The van der Waals surface area contributed by atoms with Crippen molar-refractivity contribution in [3.05, 3.63) is 135 Å². The van der Waals surface area contributed by atoms with Crippen molar-refractivity contribution in [3.8, 4) is 5.75 Å². The molecule has 2 heterocycles. The molecule has 4 N–H and O–H groups in total. The van der Waals surface area contributed by atoms with E-state index in [4.69, 9.17) is 9.47 Å². The van der Waals surface area contributed by atoms with Crippen molar-refractivity contribution in [2.75, 3.05) is 6.61 Å². The normalized spacial score (nSPS) is 23.3. The number of hydrogen-bond donors (Lipinski definition) is 4. The molecule has 0 saturated carbocycles. The van der Waals surface area contributed by atoms with Crippen molar-refractivity contribution >= 4 is 0 Å². The first-order valence-electron chi connectivity index (χ1n) is 12.2. The highest BCUT2D eigenvalue weighted by molar-refractivity contribution is 5.48. The first kappa shape index (κ1) is 25.6. The van der Waals surface area contributed by atoms with Crippen LogP contribution in [0.1, 0.15) is 29.8 Å². The molecule has 1 fully saturated rings. The molecular weight excluding hydrogens is 488 g/mol. The summed E-state index contributed by atoms with van der Waals surface area (Å²) in [6.07, 6.45) is -2.84. The highest BCUT2D eigenvalue weighted by atomic mass is 16.6. The van der Waals surface area contributed by atoms with E-state index in [0.29, 0.717) is 0 Å². The number of rotatable bonds is 7. The van der Waals surface area contributed by atoms with Crippen molar-refractivity contribution < 1.29 is 24.8 Å². The Labute approximate surface area is 218 Å². The second-order valence-corrected chi connectivity index (χ2v) is 9.42. The number of aromatic nitrogens is 2. The number of aliphatic hydroxyl groups is 3. The van der Waals surface area contributed by atoms with E-state index in [2.05, 4.69) is 4.98 Å². The van der Waals surface area contributed by atoms with Gasteiger partial charge in [0.1, 0.15) is 17.8 Å². The fourth-order valence-electron chi connectivity index (χ4n) is 4.96. The average molecular weight is 517 g/mol. The van der Waals surface area contributed by atoms with Crippen LogP contribution in [0.2, 0.25) is 0 Å². The van der Waals surface area contributed by atoms with Crippen LogP contribution in [-0.2, 0) is 10.3 Å². The summed E-state index contributed by atoms with van der Waals surface area (Å²) in [4.78, 5) is 28.2. The summed E-state index contributed by atoms with van der Waals surface area (Å²) in [6.45, 7) is 0.715. The minimum atomic E-state index is -1.94. The molecule has 1 aromatic heterocycles. The number of nitrogens with one attached hydrogen (secondary N) is 1. The standard InChI is InChI=1S/C29H28N2O7/c1-28(36)24(33)23(18-32)37-26(28)31-17-22(25(34)30-27(31)35)38-29(19-11-5-2-6-12-19,20-13-7-3-8-14-20)21-15-9-4-10-16-21/h2-17,23-24,26,32-33,36H,18H2,1H3,(H,30,34,35)/t23-,24-,26-,28-/m1/s1. The summed E-state index contributed by atoms with van der Waals surface area (Å²) in [7, 11) is 0. The predicted molar refractivity (Wildman–Crippen MR) is 139 cm³/mol. The van der Waals surface area contributed by atoms with Gasteiger partial charge in [0.25, 0.3) is 5.56 Å². The van der Waals surface area contributed by atoms with Gasteiger partial charge < -0.3 is 24.8 Å². The Hall–Kier alpha value is -4.02. The van der Waals surface area contributed by atoms with E-state index in [1.54, 1.807) is 0 Å². The monoisotopic (exact) mass is 516 g/mol. The molecule has 1 aliphatic rings. The van der Waals surface area contributed by atoms with Crippen molar-refractivity contribution in [1.29, 1.82) is 0 Å². The average Bonchev–Trinajstić information content (AvgIpc) is 3.17. The van der Waals surface area contributed by atoms with Crippen LogP contribution in [0.3, 0.4) is 0 Å². The number of aliphatic hydroxyl groups excluding tert-OH is 2. The first-order chi connectivity index (χ1) is 18.3. The van der Waals surface area contributed by atoms with E-state index in [1.807, 2.05) is 91.0 Å². The van der Waals surface area contributed by atoms with E-state index in [-0.39, 0.29) is 5.75 Å². The van der Waals surface area contributed by atoms with Gasteiger partial charge in [0.15, 0.2) is 11.8 Å². The van der Waals surface area contributed by atoms with Gasteiger partial charge in [-0.3, -0.25) is 14.3 Å². The molecule has 9 nitrogen and oxygen atoms in total. The van der Waals surface area contributed by atoms with Gasteiger partial charge >= 0.3 is 5.69 Å². The summed E-state index contributed by atoms with van der Waals surface area (Å²) < 4.78 is 13.2. The van der Waals surface area contributed by atoms with E-state index >= 15 is 0 Å². The number of hydrogen-bond acceptors (Lipinski definition) is 7. The zero-order chi connectivity index (χ0) is 26.9. The lowest BCUT2D eigenvalue weighted by atomic mass is 9.80. The lowest BCUT2D eigenvalue weighted by Gasteiger charge is -2.36. The van der Waals surface area contributed by atoms with Crippen LogP contribution in [0.25, 0.3) is 0 Å². The highest BCUT2D eigenvalue weighted by Crippen LogP contribution is 2.41. The van der Waals surface area contributed by atoms with E-state index in [0.717, 1.165) is 27.5 Å².